The van der Waals surface area contributed by atoms with Crippen molar-refractivity contribution in [3.8, 4) is 11.5 Å². The minimum Gasteiger partial charge on any atom is -0.507 e. The quantitative estimate of drug-likeness (QED) is 0.612. The third-order valence-electron chi connectivity index (χ3n) is 4.94. The summed E-state index contributed by atoms with van der Waals surface area (Å²) in [6, 6.07) is 21.1. The largest absolute Gasteiger partial charge is 0.507 e. The van der Waals surface area contributed by atoms with Crippen molar-refractivity contribution >= 4 is 5.97 Å². The third kappa shape index (κ3) is 3.83. The van der Waals surface area contributed by atoms with Gasteiger partial charge in [-0.25, -0.2) is 4.79 Å². The third-order valence-corrected chi connectivity index (χ3v) is 4.94. The first kappa shape index (κ1) is 20.5. The van der Waals surface area contributed by atoms with E-state index in [4.69, 9.17) is 4.74 Å². The maximum Gasteiger partial charge on any atom is 0.357 e. The lowest BCUT2D eigenvalue weighted by Gasteiger charge is -2.34. The number of ether oxygens (including phenoxy) is 1. The Morgan fingerprint density at radius 2 is 1.38 bits per heavy atom. The van der Waals surface area contributed by atoms with E-state index < -0.39 is 11.6 Å². The Balaban J connectivity index is 2.38. The van der Waals surface area contributed by atoms with Gasteiger partial charge in [0.25, 0.3) is 5.60 Å². The smallest absolute Gasteiger partial charge is 0.357 e. The second-order valence-electron chi connectivity index (χ2n) is 8.23. The Hall–Kier alpha value is -3.27. The van der Waals surface area contributed by atoms with Gasteiger partial charge in [-0.2, -0.15) is 0 Å². The van der Waals surface area contributed by atoms with Crippen molar-refractivity contribution in [2.24, 2.45) is 0 Å². The van der Waals surface area contributed by atoms with Gasteiger partial charge < -0.3 is 14.9 Å². The summed E-state index contributed by atoms with van der Waals surface area (Å²) < 4.78 is 6.18. The maximum atomic E-state index is 12.8. The van der Waals surface area contributed by atoms with Gasteiger partial charge in [-0.1, -0.05) is 80.9 Å². The molecule has 0 spiro atoms. The Labute approximate surface area is 171 Å². The molecule has 29 heavy (non-hydrogen) atoms. The highest BCUT2D eigenvalue weighted by Crippen LogP contribution is 2.44. The Kier molecular flexibility index (Phi) is 5.38. The summed E-state index contributed by atoms with van der Waals surface area (Å²) in [5.41, 5.74) is -0.120. The van der Waals surface area contributed by atoms with Gasteiger partial charge in [-0.15, -0.1) is 0 Å². The summed E-state index contributed by atoms with van der Waals surface area (Å²) in [6.07, 6.45) is 0. The van der Waals surface area contributed by atoms with Crippen molar-refractivity contribution in [1.82, 2.24) is 0 Å². The lowest BCUT2D eigenvalue weighted by atomic mass is 9.78. The van der Waals surface area contributed by atoms with Crippen LogP contribution in [0.2, 0.25) is 0 Å². The van der Waals surface area contributed by atoms with Crippen LogP contribution in [-0.4, -0.2) is 16.2 Å². The Morgan fingerprint density at radius 1 is 0.862 bits per heavy atom. The first-order valence-corrected chi connectivity index (χ1v) is 9.54. The molecule has 0 fully saturated rings. The molecule has 3 aromatic carbocycles. The van der Waals surface area contributed by atoms with Crippen LogP contribution in [0, 0.1) is 6.92 Å². The van der Waals surface area contributed by atoms with E-state index in [-0.39, 0.29) is 16.7 Å². The van der Waals surface area contributed by atoms with Gasteiger partial charge in [-0.05, 0) is 36.1 Å². The zero-order valence-electron chi connectivity index (χ0n) is 17.1. The Bertz CT molecular complexity index is 1000. The van der Waals surface area contributed by atoms with Crippen LogP contribution in [0.3, 0.4) is 0 Å². The number of carboxylic acids is 1. The second-order valence-corrected chi connectivity index (χ2v) is 8.23. The predicted octanol–water partition coefficient (Wildman–Crippen LogP) is 5.41. The molecule has 0 saturated heterocycles. The number of phenols is 1. The average Bonchev–Trinajstić information content (AvgIpc) is 2.68. The summed E-state index contributed by atoms with van der Waals surface area (Å²) >= 11 is 0. The second kappa shape index (κ2) is 7.63. The number of hydrogen-bond donors (Lipinski definition) is 2. The highest BCUT2D eigenvalue weighted by Gasteiger charge is 2.48. The van der Waals surface area contributed by atoms with Crippen molar-refractivity contribution in [2.75, 3.05) is 0 Å². The highest BCUT2D eigenvalue weighted by molar-refractivity contribution is 5.86. The van der Waals surface area contributed by atoms with Crippen LogP contribution in [0.1, 0.15) is 43.0 Å². The van der Waals surface area contributed by atoms with E-state index in [1.54, 1.807) is 54.6 Å². The SMILES string of the molecule is Cc1cc(C(C)(C)C)c(O)c(C(Oc2ccccc2)(C(=O)O)c2ccccc2)c1. The number of aromatic hydroxyl groups is 1. The van der Waals surface area contributed by atoms with E-state index >= 15 is 0 Å². The van der Waals surface area contributed by atoms with Gasteiger partial charge in [0.15, 0.2) is 0 Å². The zero-order valence-corrected chi connectivity index (χ0v) is 17.1. The molecule has 1 unspecified atom stereocenters. The van der Waals surface area contributed by atoms with E-state index in [9.17, 15) is 15.0 Å². The molecule has 0 aliphatic heterocycles. The minimum absolute atomic E-state index is 0.0646. The van der Waals surface area contributed by atoms with E-state index in [1.807, 2.05) is 45.9 Å². The van der Waals surface area contributed by atoms with Crippen molar-refractivity contribution in [2.45, 2.75) is 38.7 Å². The summed E-state index contributed by atoms with van der Waals surface area (Å²) in [4.78, 5) is 12.8. The first-order valence-electron chi connectivity index (χ1n) is 9.54. The molecular weight excluding hydrogens is 364 g/mol. The molecule has 2 N–H and O–H groups in total. The number of aryl methyl sites for hydroxylation is 1. The normalized spacial score (nSPS) is 13.5. The molecule has 3 rings (SSSR count). The van der Waals surface area contributed by atoms with E-state index in [0.29, 0.717) is 16.9 Å². The van der Waals surface area contributed by atoms with E-state index in [2.05, 4.69) is 0 Å². The van der Waals surface area contributed by atoms with Gasteiger partial charge in [0, 0.05) is 5.56 Å². The molecule has 0 amide bonds. The van der Waals surface area contributed by atoms with Crippen molar-refractivity contribution in [1.29, 1.82) is 0 Å². The molecule has 0 aromatic heterocycles. The molecule has 0 radical (unpaired) electrons. The molecule has 0 bridgehead atoms. The number of phenolic OH excluding ortho intramolecular Hbond substituents is 1. The zero-order chi connectivity index (χ0) is 21.2. The average molecular weight is 390 g/mol. The van der Waals surface area contributed by atoms with Gasteiger partial charge >= 0.3 is 5.97 Å². The molecular formula is C25H26O4. The van der Waals surface area contributed by atoms with E-state index in [0.717, 1.165) is 5.56 Å². The summed E-state index contributed by atoms with van der Waals surface area (Å²) in [7, 11) is 0. The van der Waals surface area contributed by atoms with E-state index in [1.165, 1.54) is 0 Å². The van der Waals surface area contributed by atoms with Gasteiger partial charge in [0.1, 0.15) is 11.5 Å². The molecule has 0 aliphatic rings. The van der Waals surface area contributed by atoms with Gasteiger partial charge in [0.05, 0.1) is 5.56 Å². The van der Waals surface area contributed by atoms with Gasteiger partial charge in [0.2, 0.25) is 0 Å². The molecule has 0 saturated carbocycles. The lowest BCUT2D eigenvalue weighted by molar-refractivity contribution is -0.152. The number of carboxylic acid groups (broad SMARTS) is 1. The topological polar surface area (TPSA) is 66.8 Å². The van der Waals surface area contributed by atoms with Crippen molar-refractivity contribution in [3.05, 3.63) is 95.1 Å². The summed E-state index contributed by atoms with van der Waals surface area (Å²) in [5.74, 6) is -0.865. The van der Waals surface area contributed by atoms with Crippen LogP contribution in [0.15, 0.2) is 72.8 Å². The van der Waals surface area contributed by atoms with Crippen LogP contribution in [0.5, 0.6) is 11.5 Å². The fraction of sp³-hybridized carbons (Fsp3) is 0.240. The molecule has 4 heteroatoms. The van der Waals surface area contributed by atoms with Crippen molar-refractivity contribution in [3.63, 3.8) is 0 Å². The van der Waals surface area contributed by atoms with Crippen LogP contribution in [0.25, 0.3) is 0 Å². The van der Waals surface area contributed by atoms with Crippen molar-refractivity contribution < 1.29 is 19.7 Å². The molecule has 1 atom stereocenters. The number of hydrogen-bond acceptors (Lipinski definition) is 3. The minimum atomic E-state index is -1.90. The molecule has 0 heterocycles. The number of rotatable bonds is 5. The predicted molar refractivity (Wildman–Crippen MR) is 113 cm³/mol. The Morgan fingerprint density at radius 3 is 1.90 bits per heavy atom. The monoisotopic (exact) mass is 390 g/mol. The van der Waals surface area contributed by atoms with Crippen LogP contribution >= 0.6 is 0 Å². The lowest BCUT2D eigenvalue weighted by Crippen LogP contribution is -2.43. The fourth-order valence-corrected chi connectivity index (χ4v) is 3.51. The molecule has 0 aliphatic carbocycles. The number of carbonyl (C=O) groups is 1. The van der Waals surface area contributed by atoms with Crippen LogP contribution < -0.4 is 4.74 Å². The molecule has 150 valence electrons. The molecule has 3 aromatic rings. The summed E-state index contributed by atoms with van der Waals surface area (Å²) in [5, 5.41) is 21.7. The standard InChI is InChI=1S/C25H26O4/c1-17-15-20(24(2,3)4)22(26)21(16-17)25(23(27)28,18-11-7-5-8-12-18)29-19-13-9-6-10-14-19/h5-16,26H,1-4H3,(H,27,28). The first-order chi connectivity index (χ1) is 13.7. The number of benzene rings is 3. The number of para-hydroxylation sites is 1. The highest BCUT2D eigenvalue weighted by atomic mass is 16.5. The van der Waals surface area contributed by atoms with Crippen LogP contribution in [-0.2, 0) is 15.8 Å². The maximum absolute atomic E-state index is 12.8. The summed E-state index contributed by atoms with van der Waals surface area (Å²) in [6.45, 7) is 7.83. The van der Waals surface area contributed by atoms with Crippen LogP contribution in [0.4, 0.5) is 0 Å². The fourth-order valence-electron chi connectivity index (χ4n) is 3.51. The number of aliphatic carboxylic acids is 1. The molecule has 4 nitrogen and oxygen atoms in total. The van der Waals surface area contributed by atoms with Gasteiger partial charge in [-0.3, -0.25) is 0 Å².